The molecule has 4 rings (SSSR count). The molecular weight excluding hydrogens is 496 g/mol. The number of carbonyl (C=O) groups excluding carboxylic acids is 2. The van der Waals surface area contributed by atoms with E-state index in [1.165, 1.54) is 15.1 Å². The summed E-state index contributed by atoms with van der Waals surface area (Å²) in [5.74, 6) is -1.26. The average Bonchev–Trinajstić information content (AvgIpc) is 3.12. The van der Waals surface area contributed by atoms with E-state index in [4.69, 9.17) is 5.73 Å². The molecule has 0 saturated heterocycles. The lowest BCUT2D eigenvalue weighted by Gasteiger charge is -2.31. The van der Waals surface area contributed by atoms with Gasteiger partial charge in [0.2, 0.25) is 10.0 Å². The van der Waals surface area contributed by atoms with E-state index >= 15 is 0 Å². The Hall–Kier alpha value is -2.82. The van der Waals surface area contributed by atoms with Crippen molar-refractivity contribution in [3.05, 3.63) is 76.7 Å². The molecule has 1 atom stereocenters. The van der Waals surface area contributed by atoms with Gasteiger partial charge in [0.1, 0.15) is 10.5 Å². The summed E-state index contributed by atoms with van der Waals surface area (Å²) in [4.78, 5) is 29.1. The molecule has 166 valence electrons. The molecule has 0 radical (unpaired) electrons. The number of pyridine rings is 1. The SMILES string of the molecule is NC(=O)c1cn(CS(=O)(=O)N2CC=CCC2C(=O)Cc2cccc(Br)n2)c2ccccc12. The number of hydrogen-bond donors (Lipinski definition) is 1. The number of nitrogens with zero attached hydrogens (tertiary/aromatic N) is 3. The highest BCUT2D eigenvalue weighted by atomic mass is 79.9. The van der Waals surface area contributed by atoms with E-state index in [0.717, 1.165) is 0 Å². The van der Waals surface area contributed by atoms with Crippen LogP contribution in [0.5, 0.6) is 0 Å². The van der Waals surface area contributed by atoms with Gasteiger partial charge in [0.15, 0.2) is 5.78 Å². The number of halogens is 1. The Morgan fingerprint density at radius 2 is 1.91 bits per heavy atom. The van der Waals surface area contributed by atoms with E-state index in [1.807, 2.05) is 6.08 Å². The molecule has 2 N–H and O–H groups in total. The molecular formula is C22H21BrN4O4S. The predicted molar refractivity (Wildman–Crippen MR) is 124 cm³/mol. The molecule has 1 aliphatic heterocycles. The zero-order chi connectivity index (χ0) is 22.9. The molecule has 3 heterocycles. The molecule has 0 saturated carbocycles. The summed E-state index contributed by atoms with van der Waals surface area (Å²) in [5, 5.41) is 0.585. The third kappa shape index (κ3) is 4.52. The largest absolute Gasteiger partial charge is 0.366 e. The van der Waals surface area contributed by atoms with Crippen molar-refractivity contribution in [1.29, 1.82) is 0 Å². The maximum Gasteiger partial charge on any atom is 0.250 e. The molecule has 1 unspecified atom stereocenters. The summed E-state index contributed by atoms with van der Waals surface area (Å²) >= 11 is 3.29. The Bertz CT molecular complexity index is 1330. The first-order chi connectivity index (χ1) is 15.3. The Morgan fingerprint density at radius 1 is 1.12 bits per heavy atom. The zero-order valence-electron chi connectivity index (χ0n) is 17.0. The van der Waals surface area contributed by atoms with E-state index < -0.39 is 27.8 Å². The second-order valence-corrected chi connectivity index (χ2v) is 10.2. The van der Waals surface area contributed by atoms with E-state index in [-0.39, 0.29) is 24.3 Å². The van der Waals surface area contributed by atoms with Crippen LogP contribution in [0.4, 0.5) is 0 Å². The Morgan fingerprint density at radius 3 is 2.66 bits per heavy atom. The van der Waals surface area contributed by atoms with Crippen molar-refractivity contribution in [1.82, 2.24) is 13.9 Å². The molecule has 0 aliphatic carbocycles. The molecule has 1 amide bonds. The van der Waals surface area contributed by atoms with Gasteiger partial charge in [-0.05, 0) is 40.5 Å². The maximum atomic E-state index is 13.4. The van der Waals surface area contributed by atoms with E-state index in [0.29, 0.717) is 27.6 Å². The van der Waals surface area contributed by atoms with Crippen LogP contribution >= 0.6 is 15.9 Å². The number of aromatic nitrogens is 2. The monoisotopic (exact) mass is 516 g/mol. The number of ketones is 1. The highest BCUT2D eigenvalue weighted by molar-refractivity contribution is 9.10. The topological polar surface area (TPSA) is 115 Å². The second-order valence-electron chi connectivity index (χ2n) is 7.52. The van der Waals surface area contributed by atoms with Gasteiger partial charge in [0, 0.05) is 29.3 Å². The molecule has 2 aromatic heterocycles. The molecule has 32 heavy (non-hydrogen) atoms. The van der Waals surface area contributed by atoms with Gasteiger partial charge in [-0.3, -0.25) is 9.59 Å². The summed E-state index contributed by atoms with van der Waals surface area (Å²) in [6.45, 7) is 0.104. The van der Waals surface area contributed by atoms with Crippen molar-refractivity contribution in [2.24, 2.45) is 5.73 Å². The number of fused-ring (bicyclic) bond motifs is 1. The van der Waals surface area contributed by atoms with Gasteiger partial charge >= 0.3 is 0 Å². The second kappa shape index (κ2) is 8.97. The number of primary amides is 1. The van der Waals surface area contributed by atoms with Crippen LogP contribution in [-0.4, -0.2) is 46.6 Å². The van der Waals surface area contributed by atoms with Crippen molar-refractivity contribution in [3.63, 3.8) is 0 Å². The fourth-order valence-corrected chi connectivity index (χ4v) is 5.89. The summed E-state index contributed by atoms with van der Waals surface area (Å²) in [6, 6.07) is 11.4. The van der Waals surface area contributed by atoms with Gasteiger partial charge in [-0.15, -0.1) is 0 Å². The Balaban J connectivity index is 1.62. The van der Waals surface area contributed by atoms with Crippen LogP contribution in [0.2, 0.25) is 0 Å². The van der Waals surface area contributed by atoms with Crippen molar-refractivity contribution >= 4 is 48.5 Å². The number of nitrogens with two attached hydrogens (primary N) is 1. The lowest BCUT2D eigenvalue weighted by atomic mass is 10.0. The molecule has 10 heteroatoms. The maximum absolute atomic E-state index is 13.4. The molecule has 0 spiro atoms. The fraction of sp³-hybridized carbons (Fsp3) is 0.227. The van der Waals surface area contributed by atoms with Crippen LogP contribution in [0.15, 0.2) is 65.4 Å². The molecule has 3 aromatic rings. The summed E-state index contributed by atoms with van der Waals surface area (Å²) < 4.78 is 30.1. The van der Waals surface area contributed by atoms with Gasteiger partial charge < -0.3 is 10.3 Å². The quantitative estimate of drug-likeness (QED) is 0.382. The minimum atomic E-state index is -3.89. The van der Waals surface area contributed by atoms with Gasteiger partial charge in [-0.1, -0.05) is 36.4 Å². The highest BCUT2D eigenvalue weighted by Crippen LogP contribution is 2.25. The van der Waals surface area contributed by atoms with E-state index in [2.05, 4.69) is 20.9 Å². The number of hydrogen-bond acceptors (Lipinski definition) is 5. The van der Waals surface area contributed by atoms with E-state index in [1.54, 1.807) is 48.5 Å². The first-order valence-electron chi connectivity index (χ1n) is 9.92. The van der Waals surface area contributed by atoms with Crippen LogP contribution in [-0.2, 0) is 27.1 Å². The first kappa shape index (κ1) is 22.4. The van der Waals surface area contributed by atoms with Crippen LogP contribution in [0, 0.1) is 0 Å². The van der Waals surface area contributed by atoms with Crippen LogP contribution in [0.1, 0.15) is 22.5 Å². The fourth-order valence-electron chi connectivity index (χ4n) is 3.89. The van der Waals surface area contributed by atoms with E-state index in [9.17, 15) is 18.0 Å². The third-order valence-electron chi connectivity index (χ3n) is 5.37. The van der Waals surface area contributed by atoms with Gasteiger partial charge in [-0.25, -0.2) is 13.4 Å². The lowest BCUT2D eigenvalue weighted by molar-refractivity contribution is -0.122. The number of benzene rings is 1. The summed E-state index contributed by atoms with van der Waals surface area (Å²) in [6.07, 6.45) is 5.33. The summed E-state index contributed by atoms with van der Waals surface area (Å²) in [5.41, 5.74) is 6.87. The number of rotatable bonds is 7. The minimum absolute atomic E-state index is 0.0300. The van der Waals surface area contributed by atoms with Gasteiger partial charge in [-0.2, -0.15) is 4.31 Å². The van der Waals surface area contributed by atoms with Crippen LogP contribution in [0.3, 0.4) is 0 Å². The zero-order valence-corrected chi connectivity index (χ0v) is 19.4. The first-order valence-corrected chi connectivity index (χ1v) is 12.3. The number of para-hydroxylation sites is 1. The minimum Gasteiger partial charge on any atom is -0.366 e. The number of amides is 1. The standard InChI is InChI=1S/C22H21BrN4O4S/c23-21-10-5-6-15(25-21)12-20(28)19-9-3-4-11-27(19)32(30,31)14-26-13-17(22(24)29)16-7-1-2-8-18(16)26/h1-8,10,13,19H,9,11-12,14H2,(H2,24,29). The van der Waals surface area contributed by atoms with Crippen LogP contribution in [0.25, 0.3) is 10.9 Å². The molecule has 0 fully saturated rings. The van der Waals surface area contributed by atoms with Crippen molar-refractivity contribution < 1.29 is 18.0 Å². The van der Waals surface area contributed by atoms with Crippen LogP contribution < -0.4 is 5.73 Å². The van der Waals surface area contributed by atoms with Crippen molar-refractivity contribution in [2.75, 3.05) is 6.54 Å². The highest BCUT2D eigenvalue weighted by Gasteiger charge is 2.35. The van der Waals surface area contributed by atoms with Gasteiger partial charge in [0.25, 0.3) is 5.91 Å². The smallest absolute Gasteiger partial charge is 0.250 e. The van der Waals surface area contributed by atoms with Gasteiger partial charge in [0.05, 0.1) is 18.0 Å². The Kier molecular flexibility index (Phi) is 6.27. The number of sulfonamides is 1. The average molecular weight is 517 g/mol. The molecule has 1 aromatic carbocycles. The predicted octanol–water partition coefficient (Wildman–Crippen LogP) is 2.63. The van der Waals surface area contributed by atoms with Crippen molar-refractivity contribution in [3.8, 4) is 0 Å². The molecule has 1 aliphatic rings. The summed E-state index contributed by atoms with van der Waals surface area (Å²) in [7, 11) is -3.89. The third-order valence-corrected chi connectivity index (χ3v) is 7.54. The number of Topliss-reactive ketones (excluding diaryl/α,β-unsaturated/α-hetero) is 1. The lowest BCUT2D eigenvalue weighted by Crippen LogP contribution is -2.48. The Labute approximate surface area is 193 Å². The normalized spacial score (nSPS) is 17.0. The van der Waals surface area contributed by atoms with Crippen molar-refractivity contribution in [2.45, 2.75) is 24.8 Å². The number of carbonyl (C=O) groups is 2. The molecule has 0 bridgehead atoms. The molecule has 8 nitrogen and oxygen atoms in total.